The van der Waals surface area contributed by atoms with E-state index in [1.165, 1.54) is 6.42 Å². The Kier molecular flexibility index (Phi) is 5.30. The highest BCUT2D eigenvalue weighted by molar-refractivity contribution is 6.33. The fourth-order valence-electron chi connectivity index (χ4n) is 2.68. The van der Waals surface area contributed by atoms with Crippen molar-refractivity contribution in [3.63, 3.8) is 0 Å². The predicted molar refractivity (Wildman–Crippen MR) is 87.6 cm³/mol. The first-order valence-corrected chi connectivity index (χ1v) is 7.84. The molecule has 1 fully saturated rings. The molecule has 1 aliphatic rings. The van der Waals surface area contributed by atoms with Crippen LogP contribution in [0.4, 0.5) is 5.69 Å². The van der Waals surface area contributed by atoms with Crippen LogP contribution < -0.4 is 10.6 Å². The molecule has 112 valence electrons. The van der Waals surface area contributed by atoms with Gasteiger partial charge in [-0.25, -0.2) is 0 Å². The van der Waals surface area contributed by atoms with E-state index in [4.69, 9.17) is 17.3 Å². The number of para-hydroxylation sites is 1. The third kappa shape index (κ3) is 4.65. The van der Waals surface area contributed by atoms with E-state index in [2.05, 4.69) is 35.8 Å². The summed E-state index contributed by atoms with van der Waals surface area (Å²) >= 11 is 6.26. The molecule has 0 aromatic heterocycles. The minimum Gasteiger partial charge on any atom is -0.368 e. The van der Waals surface area contributed by atoms with E-state index in [1.54, 1.807) is 0 Å². The Hall–Kier alpha value is -0.770. The maximum Gasteiger partial charge on any atom is 0.0639 e. The second kappa shape index (κ2) is 6.79. The molecule has 2 rings (SSSR count). The van der Waals surface area contributed by atoms with Crippen molar-refractivity contribution in [1.29, 1.82) is 0 Å². The van der Waals surface area contributed by atoms with Gasteiger partial charge in [-0.05, 0) is 45.4 Å². The highest BCUT2D eigenvalue weighted by Crippen LogP contribution is 2.26. The first-order valence-electron chi connectivity index (χ1n) is 7.46. The van der Waals surface area contributed by atoms with Crippen LogP contribution in [0.3, 0.4) is 0 Å². The Labute approximate surface area is 127 Å². The third-order valence-corrected chi connectivity index (χ3v) is 4.18. The molecule has 0 aliphatic carbocycles. The Morgan fingerprint density at radius 3 is 2.40 bits per heavy atom. The van der Waals surface area contributed by atoms with Crippen molar-refractivity contribution in [2.24, 2.45) is 5.73 Å². The fraction of sp³-hybridized carbons (Fsp3) is 0.625. The van der Waals surface area contributed by atoms with Gasteiger partial charge in [-0.3, -0.25) is 4.90 Å². The molecule has 1 aromatic carbocycles. The van der Waals surface area contributed by atoms with Crippen LogP contribution in [0.15, 0.2) is 24.3 Å². The van der Waals surface area contributed by atoms with Crippen molar-refractivity contribution in [3.05, 3.63) is 29.3 Å². The van der Waals surface area contributed by atoms with Crippen molar-refractivity contribution in [3.8, 4) is 0 Å². The smallest absolute Gasteiger partial charge is 0.0639 e. The number of piperazine rings is 1. The Morgan fingerprint density at radius 2 is 1.80 bits per heavy atom. The molecule has 1 aliphatic heterocycles. The number of hydrogen-bond acceptors (Lipinski definition) is 3. The molecule has 0 amide bonds. The predicted octanol–water partition coefficient (Wildman–Crippen LogP) is 2.98. The van der Waals surface area contributed by atoms with Crippen LogP contribution in [0.25, 0.3) is 0 Å². The average molecular weight is 296 g/mol. The van der Waals surface area contributed by atoms with Gasteiger partial charge in [0.05, 0.1) is 10.7 Å². The highest BCUT2D eigenvalue weighted by atomic mass is 35.5. The zero-order valence-corrected chi connectivity index (χ0v) is 13.4. The van der Waals surface area contributed by atoms with Gasteiger partial charge in [0.2, 0.25) is 0 Å². The lowest BCUT2D eigenvalue weighted by Crippen LogP contribution is -2.47. The van der Waals surface area contributed by atoms with Crippen molar-refractivity contribution >= 4 is 17.3 Å². The van der Waals surface area contributed by atoms with Gasteiger partial charge in [0, 0.05) is 31.7 Å². The third-order valence-electron chi connectivity index (χ3n) is 3.86. The molecule has 0 atom stereocenters. The van der Waals surface area contributed by atoms with Gasteiger partial charge < -0.3 is 10.6 Å². The van der Waals surface area contributed by atoms with Crippen LogP contribution in [0, 0.1) is 0 Å². The molecule has 1 heterocycles. The summed E-state index contributed by atoms with van der Waals surface area (Å²) in [7, 11) is 0. The van der Waals surface area contributed by atoms with E-state index < -0.39 is 0 Å². The van der Waals surface area contributed by atoms with E-state index in [9.17, 15) is 0 Å². The minimum absolute atomic E-state index is 0.0423. The van der Waals surface area contributed by atoms with Crippen LogP contribution in [0.2, 0.25) is 5.02 Å². The standard InChI is InChI=1S/C16H26ClN3/c1-16(2,18)8-5-9-19-10-12-20(13-11-19)15-7-4-3-6-14(15)17/h3-4,6-7H,5,8-13,18H2,1-2H3. The fourth-order valence-corrected chi connectivity index (χ4v) is 2.93. The van der Waals surface area contributed by atoms with Gasteiger partial charge in [0.1, 0.15) is 0 Å². The molecule has 2 N–H and O–H groups in total. The van der Waals surface area contributed by atoms with E-state index in [1.807, 2.05) is 12.1 Å². The molecule has 1 saturated heterocycles. The number of hydrogen-bond donors (Lipinski definition) is 1. The van der Waals surface area contributed by atoms with Crippen LogP contribution in [-0.2, 0) is 0 Å². The summed E-state index contributed by atoms with van der Waals surface area (Å²) in [6.45, 7) is 9.67. The number of nitrogens with zero attached hydrogens (tertiary/aromatic N) is 2. The van der Waals surface area contributed by atoms with E-state index in [-0.39, 0.29) is 5.54 Å². The second-order valence-electron chi connectivity index (χ2n) is 6.37. The van der Waals surface area contributed by atoms with E-state index >= 15 is 0 Å². The summed E-state index contributed by atoms with van der Waals surface area (Å²) in [6, 6.07) is 8.11. The van der Waals surface area contributed by atoms with Gasteiger partial charge in [0.15, 0.2) is 0 Å². The topological polar surface area (TPSA) is 32.5 Å². The summed E-state index contributed by atoms with van der Waals surface area (Å²) < 4.78 is 0. The molecular weight excluding hydrogens is 270 g/mol. The second-order valence-corrected chi connectivity index (χ2v) is 6.78. The summed E-state index contributed by atoms with van der Waals surface area (Å²) in [6.07, 6.45) is 2.26. The quantitative estimate of drug-likeness (QED) is 0.906. The molecule has 20 heavy (non-hydrogen) atoms. The minimum atomic E-state index is -0.0423. The summed E-state index contributed by atoms with van der Waals surface area (Å²) in [5.74, 6) is 0. The Bertz CT molecular complexity index is 420. The zero-order chi connectivity index (χ0) is 14.6. The molecule has 4 heteroatoms. The normalized spacial score (nSPS) is 17.5. The summed E-state index contributed by atoms with van der Waals surface area (Å²) in [5.41, 5.74) is 7.15. The van der Waals surface area contributed by atoms with Gasteiger partial charge in [-0.1, -0.05) is 23.7 Å². The monoisotopic (exact) mass is 295 g/mol. The van der Waals surface area contributed by atoms with Crippen molar-refractivity contribution in [2.45, 2.75) is 32.2 Å². The Balaban J connectivity index is 1.77. The van der Waals surface area contributed by atoms with Gasteiger partial charge in [0.25, 0.3) is 0 Å². The number of rotatable bonds is 5. The summed E-state index contributed by atoms with van der Waals surface area (Å²) in [5, 5.41) is 0.853. The number of benzene rings is 1. The molecule has 0 saturated carbocycles. The lowest BCUT2D eigenvalue weighted by Gasteiger charge is -2.36. The first-order chi connectivity index (χ1) is 9.46. The van der Waals surface area contributed by atoms with Gasteiger partial charge in [-0.2, -0.15) is 0 Å². The average Bonchev–Trinajstić information content (AvgIpc) is 2.39. The Morgan fingerprint density at radius 1 is 1.15 bits per heavy atom. The molecule has 0 bridgehead atoms. The highest BCUT2D eigenvalue weighted by Gasteiger charge is 2.19. The SMILES string of the molecule is CC(C)(N)CCCN1CCN(c2ccccc2Cl)CC1. The lowest BCUT2D eigenvalue weighted by molar-refractivity contribution is 0.245. The number of anilines is 1. The van der Waals surface area contributed by atoms with Gasteiger partial charge >= 0.3 is 0 Å². The van der Waals surface area contributed by atoms with Crippen molar-refractivity contribution < 1.29 is 0 Å². The maximum atomic E-state index is 6.26. The summed E-state index contributed by atoms with van der Waals surface area (Å²) in [4.78, 5) is 4.91. The molecule has 3 nitrogen and oxygen atoms in total. The lowest BCUT2D eigenvalue weighted by atomic mass is 10.00. The van der Waals surface area contributed by atoms with Crippen LogP contribution >= 0.6 is 11.6 Å². The number of nitrogens with two attached hydrogens (primary N) is 1. The molecule has 0 spiro atoms. The molecular formula is C16H26ClN3. The first kappa shape index (κ1) is 15.6. The largest absolute Gasteiger partial charge is 0.368 e. The van der Waals surface area contributed by atoms with Crippen LogP contribution in [0.1, 0.15) is 26.7 Å². The van der Waals surface area contributed by atoms with Crippen molar-refractivity contribution in [1.82, 2.24) is 4.90 Å². The van der Waals surface area contributed by atoms with E-state index in [0.29, 0.717) is 0 Å². The molecule has 1 aromatic rings. The van der Waals surface area contributed by atoms with Gasteiger partial charge in [-0.15, -0.1) is 0 Å². The molecule has 0 unspecified atom stereocenters. The maximum absolute atomic E-state index is 6.26. The molecule has 0 radical (unpaired) electrons. The number of halogens is 1. The van der Waals surface area contributed by atoms with E-state index in [0.717, 1.165) is 49.9 Å². The van der Waals surface area contributed by atoms with Crippen molar-refractivity contribution in [2.75, 3.05) is 37.6 Å². The van der Waals surface area contributed by atoms with Crippen LogP contribution in [0.5, 0.6) is 0 Å². The van der Waals surface area contributed by atoms with Crippen LogP contribution in [-0.4, -0.2) is 43.2 Å². The zero-order valence-electron chi connectivity index (χ0n) is 12.6.